The predicted octanol–water partition coefficient (Wildman–Crippen LogP) is 6.33. The van der Waals surface area contributed by atoms with Crippen molar-refractivity contribution in [2.75, 3.05) is 19.8 Å². The third kappa shape index (κ3) is 4.68. The lowest BCUT2D eigenvalue weighted by Crippen LogP contribution is -2.27. The first-order chi connectivity index (χ1) is 14.5. The van der Waals surface area contributed by atoms with E-state index in [9.17, 15) is 17.6 Å². The Morgan fingerprint density at radius 1 is 0.933 bits per heavy atom. The molecule has 1 aliphatic rings. The number of ether oxygens (including phenoxy) is 3. The maximum Gasteiger partial charge on any atom is 0.201 e. The van der Waals surface area contributed by atoms with Crippen LogP contribution >= 0.6 is 0 Å². The van der Waals surface area contributed by atoms with Gasteiger partial charge in [0.15, 0.2) is 29.5 Å². The van der Waals surface area contributed by atoms with Crippen LogP contribution in [0.3, 0.4) is 0 Å². The molecule has 0 radical (unpaired) electrons. The standard InChI is InChI=1S/C23H24F4O3/c1-3-5-6-7-14-12-29-23(30-13-14)17-9-8-15(19(24)21(17)26)16-10-11-18(28-4-2)22(27)20(16)25/h3,5,8-11,14,23H,4,6-7,12-13H2,1-2H3. The summed E-state index contributed by atoms with van der Waals surface area (Å²) in [4.78, 5) is 0. The van der Waals surface area contributed by atoms with Gasteiger partial charge in [0.1, 0.15) is 0 Å². The quantitative estimate of drug-likeness (QED) is 0.384. The van der Waals surface area contributed by atoms with E-state index >= 15 is 0 Å². The highest BCUT2D eigenvalue weighted by atomic mass is 19.2. The van der Waals surface area contributed by atoms with Crippen LogP contribution in [0.4, 0.5) is 17.6 Å². The SMILES string of the molecule is CC=CCCC1COC(c2ccc(-c3ccc(OCC)c(F)c3F)c(F)c2F)OC1. The summed E-state index contributed by atoms with van der Waals surface area (Å²) in [5.74, 6) is -5.17. The van der Waals surface area contributed by atoms with E-state index in [2.05, 4.69) is 0 Å². The second-order valence-corrected chi connectivity index (χ2v) is 7.01. The van der Waals surface area contributed by atoms with Gasteiger partial charge in [-0.2, -0.15) is 4.39 Å². The summed E-state index contributed by atoms with van der Waals surface area (Å²) in [7, 11) is 0. The Kier molecular flexibility index (Phi) is 7.50. The van der Waals surface area contributed by atoms with Crippen molar-refractivity contribution in [2.24, 2.45) is 5.92 Å². The van der Waals surface area contributed by atoms with Crippen molar-refractivity contribution >= 4 is 0 Å². The van der Waals surface area contributed by atoms with E-state index in [4.69, 9.17) is 14.2 Å². The third-order valence-electron chi connectivity index (χ3n) is 4.95. The molecule has 3 rings (SSSR count). The minimum Gasteiger partial charge on any atom is -0.491 e. The fourth-order valence-electron chi connectivity index (χ4n) is 3.35. The van der Waals surface area contributed by atoms with Gasteiger partial charge in [-0.15, -0.1) is 0 Å². The molecule has 0 aromatic heterocycles. The molecule has 3 nitrogen and oxygen atoms in total. The zero-order chi connectivity index (χ0) is 21.7. The van der Waals surface area contributed by atoms with Crippen LogP contribution < -0.4 is 4.74 Å². The van der Waals surface area contributed by atoms with Crippen molar-refractivity contribution in [2.45, 2.75) is 33.0 Å². The Balaban J connectivity index is 1.79. The summed E-state index contributed by atoms with van der Waals surface area (Å²) in [5.41, 5.74) is -0.904. The molecule has 2 aromatic rings. The first kappa shape index (κ1) is 22.3. The Labute approximate surface area is 173 Å². The minimum atomic E-state index is -1.30. The van der Waals surface area contributed by atoms with Crippen LogP contribution in [0.2, 0.25) is 0 Å². The van der Waals surface area contributed by atoms with Gasteiger partial charge >= 0.3 is 0 Å². The fourth-order valence-corrected chi connectivity index (χ4v) is 3.35. The third-order valence-corrected chi connectivity index (χ3v) is 4.95. The molecule has 1 aliphatic heterocycles. The van der Waals surface area contributed by atoms with E-state index in [1.165, 1.54) is 18.2 Å². The molecule has 0 amide bonds. The average Bonchev–Trinajstić information content (AvgIpc) is 2.75. The molecular formula is C23H24F4O3. The van der Waals surface area contributed by atoms with E-state index < -0.39 is 40.7 Å². The van der Waals surface area contributed by atoms with E-state index in [0.29, 0.717) is 13.2 Å². The summed E-state index contributed by atoms with van der Waals surface area (Å²) in [6.45, 7) is 4.44. The lowest BCUT2D eigenvalue weighted by Gasteiger charge is -2.29. The van der Waals surface area contributed by atoms with Gasteiger partial charge < -0.3 is 14.2 Å². The topological polar surface area (TPSA) is 27.7 Å². The summed E-state index contributed by atoms with van der Waals surface area (Å²) in [6.07, 6.45) is 4.72. The lowest BCUT2D eigenvalue weighted by atomic mass is 10.0. The zero-order valence-electron chi connectivity index (χ0n) is 16.9. The second-order valence-electron chi connectivity index (χ2n) is 7.01. The van der Waals surface area contributed by atoms with Gasteiger partial charge in [0.05, 0.1) is 19.8 Å². The van der Waals surface area contributed by atoms with Gasteiger partial charge in [0, 0.05) is 22.6 Å². The first-order valence-corrected chi connectivity index (χ1v) is 9.91. The van der Waals surface area contributed by atoms with Crippen molar-refractivity contribution in [1.29, 1.82) is 0 Å². The van der Waals surface area contributed by atoms with Crippen molar-refractivity contribution in [3.8, 4) is 16.9 Å². The number of rotatable bonds is 7. The molecule has 162 valence electrons. The fraction of sp³-hybridized carbons (Fsp3) is 0.391. The Morgan fingerprint density at radius 3 is 2.20 bits per heavy atom. The van der Waals surface area contributed by atoms with E-state index in [-0.39, 0.29) is 23.8 Å². The molecular weight excluding hydrogens is 400 g/mol. The van der Waals surface area contributed by atoms with Crippen molar-refractivity contribution in [1.82, 2.24) is 0 Å². The smallest absolute Gasteiger partial charge is 0.201 e. The van der Waals surface area contributed by atoms with Crippen molar-refractivity contribution < 1.29 is 31.8 Å². The highest BCUT2D eigenvalue weighted by Gasteiger charge is 2.28. The minimum absolute atomic E-state index is 0.116. The molecule has 1 fully saturated rings. The van der Waals surface area contributed by atoms with E-state index in [1.54, 1.807) is 6.92 Å². The maximum absolute atomic E-state index is 14.7. The zero-order valence-corrected chi connectivity index (χ0v) is 16.9. The van der Waals surface area contributed by atoms with Gasteiger partial charge in [-0.3, -0.25) is 0 Å². The molecule has 0 aliphatic carbocycles. The molecule has 0 N–H and O–H groups in total. The highest BCUT2D eigenvalue weighted by molar-refractivity contribution is 5.66. The van der Waals surface area contributed by atoms with Crippen LogP contribution in [0.1, 0.15) is 38.5 Å². The largest absolute Gasteiger partial charge is 0.491 e. The van der Waals surface area contributed by atoms with Crippen LogP contribution in [-0.2, 0) is 9.47 Å². The van der Waals surface area contributed by atoms with Crippen LogP contribution in [0.25, 0.3) is 11.1 Å². The number of hydrogen-bond acceptors (Lipinski definition) is 3. The second kappa shape index (κ2) is 10.1. The monoisotopic (exact) mass is 424 g/mol. The van der Waals surface area contributed by atoms with E-state index in [0.717, 1.165) is 18.9 Å². The highest BCUT2D eigenvalue weighted by Crippen LogP contribution is 2.36. The van der Waals surface area contributed by atoms with Crippen LogP contribution in [-0.4, -0.2) is 19.8 Å². The Hall–Kier alpha value is -2.38. The molecule has 0 spiro atoms. The summed E-state index contributed by atoms with van der Waals surface area (Å²) in [5, 5.41) is 0. The number of benzene rings is 2. The van der Waals surface area contributed by atoms with Crippen LogP contribution in [0.5, 0.6) is 5.75 Å². The molecule has 2 aromatic carbocycles. The van der Waals surface area contributed by atoms with Gasteiger partial charge in [-0.05, 0) is 38.8 Å². The molecule has 0 saturated carbocycles. The van der Waals surface area contributed by atoms with Gasteiger partial charge in [-0.25, -0.2) is 13.2 Å². The number of hydrogen-bond donors (Lipinski definition) is 0. The van der Waals surface area contributed by atoms with Crippen LogP contribution in [0.15, 0.2) is 36.4 Å². The normalized spacial score (nSPS) is 19.4. The van der Waals surface area contributed by atoms with E-state index in [1.807, 2.05) is 19.1 Å². The Bertz CT molecular complexity index is 906. The molecule has 0 atom stereocenters. The van der Waals surface area contributed by atoms with Crippen molar-refractivity contribution in [3.05, 3.63) is 65.2 Å². The summed E-state index contributed by atoms with van der Waals surface area (Å²) < 4.78 is 74.1. The number of halogens is 4. The summed E-state index contributed by atoms with van der Waals surface area (Å²) in [6, 6.07) is 4.80. The van der Waals surface area contributed by atoms with Gasteiger partial charge in [0.2, 0.25) is 5.82 Å². The molecule has 7 heteroatoms. The maximum atomic E-state index is 14.7. The first-order valence-electron chi connectivity index (χ1n) is 9.91. The van der Waals surface area contributed by atoms with Gasteiger partial charge in [0.25, 0.3) is 0 Å². The molecule has 0 unspecified atom stereocenters. The Morgan fingerprint density at radius 2 is 1.57 bits per heavy atom. The lowest BCUT2D eigenvalue weighted by molar-refractivity contribution is -0.207. The average molecular weight is 424 g/mol. The van der Waals surface area contributed by atoms with Gasteiger partial charge in [-0.1, -0.05) is 24.3 Å². The molecule has 0 bridgehead atoms. The summed E-state index contributed by atoms with van der Waals surface area (Å²) >= 11 is 0. The van der Waals surface area contributed by atoms with Crippen LogP contribution in [0, 0.1) is 29.2 Å². The van der Waals surface area contributed by atoms with Crippen molar-refractivity contribution in [3.63, 3.8) is 0 Å². The number of allylic oxidation sites excluding steroid dienone is 2. The molecule has 30 heavy (non-hydrogen) atoms. The predicted molar refractivity (Wildman–Crippen MR) is 105 cm³/mol. The molecule has 1 saturated heterocycles. The molecule has 1 heterocycles.